The van der Waals surface area contributed by atoms with Crippen LogP contribution >= 0.6 is 0 Å². The molecule has 0 radical (unpaired) electrons. The van der Waals surface area contributed by atoms with Gasteiger partial charge in [0.15, 0.2) is 5.82 Å². The van der Waals surface area contributed by atoms with Crippen LogP contribution in [0.5, 0.6) is 0 Å². The van der Waals surface area contributed by atoms with Gasteiger partial charge in [-0.2, -0.15) is 4.98 Å². The van der Waals surface area contributed by atoms with Gasteiger partial charge in [0.1, 0.15) is 0 Å². The molecule has 1 N–H and O–H groups in total. The van der Waals surface area contributed by atoms with E-state index in [-0.39, 0.29) is 12.6 Å². The molecule has 126 valence electrons. The van der Waals surface area contributed by atoms with Gasteiger partial charge in [-0.1, -0.05) is 12.1 Å². The van der Waals surface area contributed by atoms with Crippen LogP contribution in [-0.4, -0.2) is 64.9 Å². The van der Waals surface area contributed by atoms with E-state index in [1.165, 1.54) is 12.8 Å². The molecule has 1 fully saturated rings. The fraction of sp³-hybridized carbons (Fsp3) is 0.875. The van der Waals surface area contributed by atoms with Crippen molar-refractivity contribution in [3.8, 4) is 0 Å². The van der Waals surface area contributed by atoms with E-state index < -0.39 is 0 Å². The number of rotatable bonds is 8. The maximum absolute atomic E-state index is 9.00. The van der Waals surface area contributed by atoms with Crippen LogP contribution in [0.15, 0.2) is 4.52 Å². The highest BCUT2D eigenvalue weighted by atomic mass is 16.5. The number of hydrogen-bond acceptors (Lipinski definition) is 6. The predicted octanol–water partition coefficient (Wildman–Crippen LogP) is 1.72. The van der Waals surface area contributed by atoms with Crippen molar-refractivity contribution in [2.45, 2.75) is 45.6 Å². The molecule has 1 aromatic rings. The Balaban J connectivity index is 1.79. The molecule has 22 heavy (non-hydrogen) atoms. The summed E-state index contributed by atoms with van der Waals surface area (Å²) in [5, 5.41) is 13.0. The number of aliphatic hydroxyl groups excluding tert-OH is 1. The molecule has 6 heteroatoms. The van der Waals surface area contributed by atoms with Gasteiger partial charge >= 0.3 is 0 Å². The molecule has 1 aromatic heterocycles. The van der Waals surface area contributed by atoms with Crippen LogP contribution in [0.3, 0.4) is 0 Å². The van der Waals surface area contributed by atoms with Crippen molar-refractivity contribution in [2.24, 2.45) is 5.92 Å². The van der Waals surface area contributed by atoms with E-state index in [4.69, 9.17) is 9.63 Å². The summed E-state index contributed by atoms with van der Waals surface area (Å²) < 4.78 is 5.40. The quantitative estimate of drug-likeness (QED) is 0.789. The summed E-state index contributed by atoms with van der Waals surface area (Å²) in [6.45, 7) is 8.56. The van der Waals surface area contributed by atoms with Crippen LogP contribution in [0.1, 0.15) is 50.9 Å². The highest BCUT2D eigenvalue weighted by Gasteiger charge is 2.24. The number of hydrogen-bond donors (Lipinski definition) is 1. The largest absolute Gasteiger partial charge is 0.395 e. The molecular weight excluding hydrogens is 280 g/mol. The maximum atomic E-state index is 9.00. The maximum Gasteiger partial charge on any atom is 0.243 e. The second kappa shape index (κ2) is 8.60. The Kier molecular flexibility index (Phi) is 6.79. The van der Waals surface area contributed by atoms with E-state index in [0.29, 0.717) is 5.92 Å². The van der Waals surface area contributed by atoms with Crippen molar-refractivity contribution >= 4 is 0 Å². The summed E-state index contributed by atoms with van der Waals surface area (Å²) in [6, 6.07) is 0.161. The molecule has 0 aromatic carbocycles. The smallest absolute Gasteiger partial charge is 0.243 e. The summed E-state index contributed by atoms with van der Waals surface area (Å²) >= 11 is 0. The molecule has 0 spiro atoms. The molecule has 6 nitrogen and oxygen atoms in total. The average molecular weight is 310 g/mol. The monoisotopic (exact) mass is 310 g/mol. The van der Waals surface area contributed by atoms with E-state index in [0.717, 1.165) is 50.7 Å². The van der Waals surface area contributed by atoms with Crippen molar-refractivity contribution in [3.63, 3.8) is 0 Å². The molecule has 2 heterocycles. The van der Waals surface area contributed by atoms with E-state index in [1.54, 1.807) is 0 Å². The average Bonchev–Trinajstić information content (AvgIpc) is 2.98. The third kappa shape index (κ3) is 4.76. The lowest BCUT2D eigenvalue weighted by atomic mass is 9.96. The van der Waals surface area contributed by atoms with Gasteiger partial charge in [-0.15, -0.1) is 0 Å². The Morgan fingerprint density at radius 1 is 1.41 bits per heavy atom. The second-order valence-electron chi connectivity index (χ2n) is 6.42. The van der Waals surface area contributed by atoms with Crippen LogP contribution in [0, 0.1) is 5.92 Å². The van der Waals surface area contributed by atoms with Crippen molar-refractivity contribution in [2.75, 3.05) is 39.8 Å². The highest BCUT2D eigenvalue weighted by Crippen LogP contribution is 2.23. The number of aliphatic hydroxyl groups is 1. The van der Waals surface area contributed by atoms with Gasteiger partial charge < -0.3 is 14.5 Å². The van der Waals surface area contributed by atoms with E-state index in [2.05, 4.69) is 40.8 Å². The lowest BCUT2D eigenvalue weighted by Gasteiger charge is -2.34. The number of β-amino-alcohol motifs (C(OH)–C–C–N with tert-alkyl or cyclic N) is 1. The molecule has 0 saturated carbocycles. The molecular formula is C16H30N4O2. The first-order valence-electron chi connectivity index (χ1n) is 8.50. The third-order valence-electron chi connectivity index (χ3n) is 4.65. The zero-order chi connectivity index (χ0) is 15.9. The minimum absolute atomic E-state index is 0.161. The molecule has 0 aliphatic carbocycles. The number of piperidine rings is 1. The Morgan fingerprint density at radius 3 is 2.77 bits per heavy atom. The normalized spacial score (nSPS) is 19.0. The van der Waals surface area contributed by atoms with Gasteiger partial charge in [-0.3, -0.25) is 4.90 Å². The van der Waals surface area contributed by atoms with Gasteiger partial charge in [-0.25, -0.2) is 0 Å². The van der Waals surface area contributed by atoms with Gasteiger partial charge in [0, 0.05) is 19.5 Å². The molecule has 1 saturated heterocycles. The molecule has 0 bridgehead atoms. The van der Waals surface area contributed by atoms with Crippen LogP contribution < -0.4 is 0 Å². The first-order valence-corrected chi connectivity index (χ1v) is 8.50. The second-order valence-corrected chi connectivity index (χ2v) is 6.42. The number of likely N-dealkylation sites (tertiary alicyclic amines) is 1. The Morgan fingerprint density at radius 2 is 2.14 bits per heavy atom. The van der Waals surface area contributed by atoms with Crippen LogP contribution in [0.25, 0.3) is 0 Å². The van der Waals surface area contributed by atoms with Gasteiger partial charge in [-0.05, 0) is 52.2 Å². The van der Waals surface area contributed by atoms with Gasteiger partial charge in [0.25, 0.3) is 0 Å². The van der Waals surface area contributed by atoms with Gasteiger partial charge in [0.05, 0.1) is 12.6 Å². The topological polar surface area (TPSA) is 65.6 Å². The standard InChI is InChI=1S/C16H30N4O2/c1-4-5-15-17-16(22-18-15)13(2)19(3)12-14-6-8-20(9-7-14)10-11-21/h13-14,21H,4-12H2,1-3H3/t13-/m1/s1. The number of nitrogens with zero attached hydrogens (tertiary/aromatic N) is 4. The number of aryl methyl sites for hydroxylation is 1. The van der Waals surface area contributed by atoms with Crippen LogP contribution in [-0.2, 0) is 6.42 Å². The van der Waals surface area contributed by atoms with E-state index in [9.17, 15) is 0 Å². The number of aromatic nitrogens is 2. The molecule has 1 aliphatic rings. The molecule has 2 rings (SSSR count). The van der Waals surface area contributed by atoms with Crippen molar-refractivity contribution in [1.29, 1.82) is 0 Å². The Labute approximate surface area is 133 Å². The minimum Gasteiger partial charge on any atom is -0.395 e. The highest BCUT2D eigenvalue weighted by molar-refractivity contribution is 4.92. The van der Waals surface area contributed by atoms with Crippen molar-refractivity contribution in [1.82, 2.24) is 19.9 Å². The van der Waals surface area contributed by atoms with Crippen LogP contribution in [0.4, 0.5) is 0 Å². The predicted molar refractivity (Wildman–Crippen MR) is 85.6 cm³/mol. The van der Waals surface area contributed by atoms with Crippen molar-refractivity contribution < 1.29 is 9.63 Å². The molecule has 0 unspecified atom stereocenters. The van der Waals surface area contributed by atoms with E-state index in [1.807, 2.05) is 0 Å². The Bertz CT molecular complexity index is 430. The zero-order valence-corrected chi connectivity index (χ0v) is 14.2. The fourth-order valence-corrected chi connectivity index (χ4v) is 3.05. The lowest BCUT2D eigenvalue weighted by molar-refractivity contribution is 0.114. The zero-order valence-electron chi connectivity index (χ0n) is 14.2. The Hall–Kier alpha value is -0.980. The van der Waals surface area contributed by atoms with Gasteiger partial charge in [0.2, 0.25) is 5.89 Å². The summed E-state index contributed by atoms with van der Waals surface area (Å²) in [4.78, 5) is 9.15. The SMILES string of the molecule is CCCc1noc([C@@H](C)N(C)CC2CCN(CCO)CC2)n1. The summed E-state index contributed by atoms with van der Waals surface area (Å²) in [6.07, 6.45) is 4.31. The summed E-state index contributed by atoms with van der Waals surface area (Å²) in [5.41, 5.74) is 0. The molecule has 1 aliphatic heterocycles. The van der Waals surface area contributed by atoms with E-state index >= 15 is 0 Å². The van der Waals surface area contributed by atoms with Crippen LogP contribution in [0.2, 0.25) is 0 Å². The molecule has 0 amide bonds. The molecule has 1 atom stereocenters. The first-order chi connectivity index (χ1) is 10.6. The fourth-order valence-electron chi connectivity index (χ4n) is 3.05. The summed E-state index contributed by atoms with van der Waals surface area (Å²) in [7, 11) is 2.13. The minimum atomic E-state index is 0.161. The lowest BCUT2D eigenvalue weighted by Crippen LogP contribution is -2.39. The summed E-state index contributed by atoms with van der Waals surface area (Å²) in [5.74, 6) is 2.25. The third-order valence-corrected chi connectivity index (χ3v) is 4.65. The first kappa shape index (κ1) is 17.4. The van der Waals surface area contributed by atoms with Crippen molar-refractivity contribution in [3.05, 3.63) is 11.7 Å².